The number of carbonyl (C=O) groups excluding carboxylic acids is 2. The SMILES string of the molecule is C=C(C)CSc1nnc(SCC(=O)NCC(=O)Nc2ccc(F)cc2)s1. The summed E-state index contributed by atoms with van der Waals surface area (Å²) in [4.78, 5) is 23.6. The summed E-state index contributed by atoms with van der Waals surface area (Å²) in [6.07, 6.45) is 0. The number of thioether (sulfide) groups is 2. The second-order valence-corrected chi connectivity index (χ2v) is 8.62. The fourth-order valence-electron chi connectivity index (χ4n) is 1.59. The lowest BCUT2D eigenvalue weighted by molar-refractivity contribution is -0.122. The molecule has 2 amide bonds. The lowest BCUT2D eigenvalue weighted by atomic mass is 10.3. The summed E-state index contributed by atoms with van der Waals surface area (Å²) in [5, 5.41) is 13.1. The van der Waals surface area contributed by atoms with E-state index in [-0.39, 0.29) is 29.9 Å². The molecule has 0 atom stereocenters. The minimum Gasteiger partial charge on any atom is -0.346 e. The summed E-state index contributed by atoms with van der Waals surface area (Å²) in [6.45, 7) is 5.61. The van der Waals surface area contributed by atoms with Gasteiger partial charge in [-0.2, -0.15) is 0 Å². The Balaban J connectivity index is 1.67. The first-order valence-corrected chi connectivity index (χ1v) is 10.3. The van der Waals surface area contributed by atoms with E-state index in [1.165, 1.54) is 47.4 Å². The van der Waals surface area contributed by atoms with Gasteiger partial charge in [-0.3, -0.25) is 9.59 Å². The van der Waals surface area contributed by atoms with Gasteiger partial charge in [-0.25, -0.2) is 4.39 Å². The van der Waals surface area contributed by atoms with Crippen molar-refractivity contribution in [2.75, 3.05) is 23.4 Å². The van der Waals surface area contributed by atoms with Gasteiger partial charge in [0.25, 0.3) is 0 Å². The van der Waals surface area contributed by atoms with Gasteiger partial charge in [0.05, 0.1) is 12.3 Å². The number of nitrogens with zero attached hydrogens (tertiary/aromatic N) is 2. The van der Waals surface area contributed by atoms with Gasteiger partial charge in [-0.1, -0.05) is 47.0 Å². The van der Waals surface area contributed by atoms with E-state index in [9.17, 15) is 14.0 Å². The van der Waals surface area contributed by atoms with Gasteiger partial charge in [-0.15, -0.1) is 10.2 Å². The van der Waals surface area contributed by atoms with Gasteiger partial charge >= 0.3 is 0 Å². The van der Waals surface area contributed by atoms with E-state index < -0.39 is 0 Å². The smallest absolute Gasteiger partial charge is 0.243 e. The number of nitrogens with one attached hydrogen (secondary N) is 2. The van der Waals surface area contributed by atoms with Gasteiger partial charge in [0.1, 0.15) is 5.82 Å². The Morgan fingerprint density at radius 2 is 1.73 bits per heavy atom. The number of anilines is 1. The third-order valence-electron chi connectivity index (χ3n) is 2.73. The standard InChI is InChI=1S/C16H17FN4O2S3/c1-10(2)8-24-15-20-21-16(26-15)25-9-14(23)18-7-13(22)19-12-5-3-11(17)4-6-12/h3-6H,1,7-9H2,2H3,(H,18,23)(H,19,22). The number of benzene rings is 1. The molecule has 0 saturated heterocycles. The Bertz CT molecular complexity index is 780. The molecule has 10 heteroatoms. The molecule has 0 radical (unpaired) electrons. The summed E-state index contributed by atoms with van der Waals surface area (Å²) < 4.78 is 14.3. The number of rotatable bonds is 9. The van der Waals surface area contributed by atoms with E-state index >= 15 is 0 Å². The number of carbonyl (C=O) groups is 2. The van der Waals surface area contributed by atoms with Crippen molar-refractivity contribution in [3.63, 3.8) is 0 Å². The quantitative estimate of drug-likeness (QED) is 0.486. The maximum atomic E-state index is 12.8. The van der Waals surface area contributed by atoms with E-state index in [2.05, 4.69) is 27.4 Å². The molecule has 0 bridgehead atoms. The molecule has 1 aromatic heterocycles. The molecule has 138 valence electrons. The number of halogens is 1. The summed E-state index contributed by atoms with van der Waals surface area (Å²) >= 11 is 4.24. The van der Waals surface area contributed by atoms with E-state index in [0.29, 0.717) is 10.0 Å². The average Bonchev–Trinajstić information content (AvgIpc) is 3.06. The van der Waals surface area contributed by atoms with Crippen LogP contribution in [0.5, 0.6) is 0 Å². The maximum Gasteiger partial charge on any atom is 0.243 e. The van der Waals surface area contributed by atoms with Crippen LogP contribution in [-0.4, -0.2) is 40.1 Å². The molecule has 0 saturated carbocycles. The third-order valence-corrected chi connectivity index (χ3v) is 6.15. The molecule has 1 heterocycles. The maximum absolute atomic E-state index is 12.8. The highest BCUT2D eigenvalue weighted by Gasteiger charge is 2.10. The van der Waals surface area contributed by atoms with Gasteiger partial charge < -0.3 is 10.6 Å². The Hall–Kier alpha value is -1.91. The number of aromatic nitrogens is 2. The minimum atomic E-state index is -0.385. The number of hydrogen-bond acceptors (Lipinski definition) is 7. The van der Waals surface area contributed by atoms with Crippen LogP contribution in [-0.2, 0) is 9.59 Å². The van der Waals surface area contributed by atoms with Crippen molar-refractivity contribution >= 4 is 52.4 Å². The third kappa shape index (κ3) is 7.54. The first kappa shape index (κ1) is 20.4. The van der Waals surface area contributed by atoms with Crippen LogP contribution in [0.4, 0.5) is 10.1 Å². The zero-order valence-corrected chi connectivity index (χ0v) is 16.4. The van der Waals surface area contributed by atoms with Crippen molar-refractivity contribution in [1.82, 2.24) is 15.5 Å². The van der Waals surface area contributed by atoms with Gasteiger partial charge in [0.2, 0.25) is 11.8 Å². The highest BCUT2D eigenvalue weighted by molar-refractivity contribution is 8.03. The second kappa shape index (κ2) is 10.3. The molecule has 0 aliphatic carbocycles. The van der Waals surface area contributed by atoms with Gasteiger partial charge in [-0.05, 0) is 31.2 Å². The molecular weight excluding hydrogens is 395 g/mol. The highest BCUT2D eigenvalue weighted by Crippen LogP contribution is 2.29. The van der Waals surface area contributed by atoms with E-state index in [1.54, 1.807) is 11.8 Å². The average molecular weight is 413 g/mol. The van der Waals surface area contributed by atoms with Crippen molar-refractivity contribution in [3.8, 4) is 0 Å². The van der Waals surface area contributed by atoms with Crippen LogP contribution in [0.2, 0.25) is 0 Å². The Morgan fingerprint density at radius 3 is 2.35 bits per heavy atom. The number of hydrogen-bond donors (Lipinski definition) is 2. The monoisotopic (exact) mass is 412 g/mol. The predicted molar refractivity (Wildman–Crippen MR) is 104 cm³/mol. The van der Waals surface area contributed by atoms with Crippen LogP contribution in [0.3, 0.4) is 0 Å². The lowest BCUT2D eigenvalue weighted by Crippen LogP contribution is -2.33. The predicted octanol–water partition coefficient (Wildman–Crippen LogP) is 3.19. The van der Waals surface area contributed by atoms with E-state index in [4.69, 9.17) is 0 Å². The van der Waals surface area contributed by atoms with Crippen molar-refractivity contribution in [1.29, 1.82) is 0 Å². The van der Waals surface area contributed by atoms with Crippen LogP contribution < -0.4 is 10.6 Å². The molecular formula is C16H17FN4O2S3. The molecule has 0 unspecified atom stereocenters. The largest absolute Gasteiger partial charge is 0.346 e. The second-order valence-electron chi connectivity index (χ2n) is 5.20. The molecule has 2 aromatic rings. The van der Waals surface area contributed by atoms with E-state index in [1.807, 2.05) is 6.92 Å². The van der Waals surface area contributed by atoms with Gasteiger partial charge in [0.15, 0.2) is 8.68 Å². The molecule has 26 heavy (non-hydrogen) atoms. The molecule has 0 spiro atoms. The van der Waals surface area contributed by atoms with Crippen LogP contribution in [0, 0.1) is 5.82 Å². The Labute approximate surface area is 163 Å². The zero-order chi connectivity index (χ0) is 18.9. The van der Waals surface area contributed by atoms with Crippen LogP contribution in [0.1, 0.15) is 6.92 Å². The molecule has 0 aliphatic rings. The van der Waals surface area contributed by atoms with Crippen molar-refractivity contribution in [2.45, 2.75) is 15.6 Å². The van der Waals surface area contributed by atoms with Crippen LogP contribution >= 0.6 is 34.9 Å². The molecule has 0 aliphatic heterocycles. The Kier molecular flexibility index (Phi) is 8.07. The Morgan fingerprint density at radius 1 is 1.12 bits per heavy atom. The van der Waals surface area contributed by atoms with Gasteiger partial charge in [0, 0.05) is 11.4 Å². The van der Waals surface area contributed by atoms with Crippen molar-refractivity contribution in [2.24, 2.45) is 0 Å². The fraction of sp³-hybridized carbons (Fsp3) is 0.250. The topological polar surface area (TPSA) is 84.0 Å². The van der Waals surface area contributed by atoms with Crippen LogP contribution in [0.15, 0.2) is 45.1 Å². The van der Waals surface area contributed by atoms with Crippen LogP contribution in [0.25, 0.3) is 0 Å². The lowest BCUT2D eigenvalue weighted by Gasteiger charge is -2.06. The minimum absolute atomic E-state index is 0.142. The van der Waals surface area contributed by atoms with Crippen molar-refractivity contribution in [3.05, 3.63) is 42.2 Å². The zero-order valence-electron chi connectivity index (χ0n) is 14.0. The number of amides is 2. The van der Waals surface area contributed by atoms with E-state index in [0.717, 1.165) is 15.7 Å². The highest BCUT2D eigenvalue weighted by atomic mass is 32.2. The summed E-state index contributed by atoms with van der Waals surface area (Å²) in [7, 11) is 0. The summed E-state index contributed by atoms with van der Waals surface area (Å²) in [5.74, 6) is -0.127. The fourth-order valence-corrected chi connectivity index (χ4v) is 4.29. The molecule has 0 fully saturated rings. The first-order chi connectivity index (χ1) is 12.4. The summed E-state index contributed by atoms with van der Waals surface area (Å²) in [5.41, 5.74) is 1.52. The molecule has 2 N–H and O–H groups in total. The molecule has 2 rings (SSSR count). The molecule has 6 nitrogen and oxygen atoms in total. The summed E-state index contributed by atoms with van der Waals surface area (Å²) in [6, 6.07) is 5.39. The normalized spacial score (nSPS) is 10.4. The first-order valence-electron chi connectivity index (χ1n) is 7.48. The van der Waals surface area contributed by atoms with Crippen molar-refractivity contribution < 1.29 is 14.0 Å². The molecule has 1 aromatic carbocycles.